The van der Waals surface area contributed by atoms with Crippen LogP contribution in [0, 0.1) is 0 Å². The number of hydrogen-bond acceptors (Lipinski definition) is 2. The monoisotopic (exact) mass is 144 g/mol. The van der Waals surface area contributed by atoms with Gasteiger partial charge in [0.05, 0.1) is 12.9 Å². The summed E-state index contributed by atoms with van der Waals surface area (Å²) in [7, 11) is -0.739. The lowest BCUT2D eigenvalue weighted by molar-refractivity contribution is 0.323. The van der Waals surface area contributed by atoms with Crippen LogP contribution in [-0.2, 0) is 9.05 Å². The van der Waals surface area contributed by atoms with Crippen LogP contribution in [0.4, 0.5) is 0 Å². The Hall–Kier alpha value is -0.330. The fraction of sp³-hybridized carbons (Fsp3) is 0.333. The molecule has 1 aliphatic heterocycles. The van der Waals surface area contributed by atoms with E-state index in [0.29, 0.717) is 6.61 Å². The zero-order valence-corrected chi connectivity index (χ0v) is 6.17. The van der Waals surface area contributed by atoms with Crippen molar-refractivity contribution in [2.45, 2.75) is 6.92 Å². The zero-order chi connectivity index (χ0) is 6.53. The Labute approximate surface area is 56.1 Å². The predicted molar refractivity (Wildman–Crippen MR) is 37.9 cm³/mol. The van der Waals surface area contributed by atoms with Crippen LogP contribution in [0.1, 0.15) is 6.92 Å². The molecule has 1 unspecified atom stereocenters. The van der Waals surface area contributed by atoms with Crippen LogP contribution in [0.25, 0.3) is 0 Å². The lowest BCUT2D eigenvalue weighted by Gasteiger charge is -2.11. The van der Waals surface area contributed by atoms with Crippen LogP contribution in [0.3, 0.4) is 0 Å². The van der Waals surface area contributed by atoms with Gasteiger partial charge in [0.15, 0.2) is 0 Å². The molecule has 0 aliphatic carbocycles. The summed E-state index contributed by atoms with van der Waals surface area (Å²) in [6.45, 7) is 2.67. The van der Waals surface area contributed by atoms with Crippen molar-refractivity contribution in [3.63, 3.8) is 0 Å². The van der Waals surface area contributed by atoms with E-state index in [1.54, 1.807) is 6.26 Å². The second-order valence-corrected chi connectivity index (χ2v) is 2.82. The Bertz CT molecular complexity index is 131. The molecule has 0 saturated carbocycles. The average Bonchev–Trinajstić information content (AvgIpc) is 1.91. The van der Waals surface area contributed by atoms with E-state index in [0.717, 1.165) is 0 Å². The maximum Gasteiger partial charge on any atom is 0.256 e. The molecule has 1 atom stereocenters. The van der Waals surface area contributed by atoms with Gasteiger partial charge in [-0.3, -0.25) is 0 Å². The van der Waals surface area contributed by atoms with Crippen molar-refractivity contribution in [2.75, 3.05) is 6.61 Å². The van der Waals surface area contributed by atoms with Crippen molar-refractivity contribution in [1.82, 2.24) is 0 Å². The minimum Gasteiger partial charge on any atom is -0.452 e. The summed E-state index contributed by atoms with van der Waals surface area (Å²) in [6.07, 6.45) is 5.43. The molecule has 0 radical (unpaired) electrons. The van der Waals surface area contributed by atoms with Gasteiger partial charge in [0.2, 0.25) is 0 Å². The van der Waals surface area contributed by atoms with Gasteiger partial charge in [0.25, 0.3) is 8.38 Å². The Morgan fingerprint density at radius 3 is 3.00 bits per heavy atom. The predicted octanol–water partition coefficient (Wildman–Crippen LogP) is 2.39. The Morgan fingerprint density at radius 1 is 1.56 bits per heavy atom. The van der Waals surface area contributed by atoms with E-state index in [4.69, 9.17) is 9.05 Å². The van der Waals surface area contributed by atoms with E-state index in [-0.39, 0.29) is 0 Å². The molecule has 50 valence electrons. The van der Waals surface area contributed by atoms with Crippen LogP contribution in [0.5, 0.6) is 0 Å². The quantitative estimate of drug-likeness (QED) is 0.554. The van der Waals surface area contributed by atoms with Crippen molar-refractivity contribution in [1.29, 1.82) is 0 Å². The standard InChI is InChI=1S/C6H9O2P/c1-2-7-9-6-4-3-5-8-9/h3-6H,2H2,1H3. The molecule has 0 aromatic rings. The largest absolute Gasteiger partial charge is 0.452 e. The molecule has 9 heavy (non-hydrogen) atoms. The second kappa shape index (κ2) is 3.65. The van der Waals surface area contributed by atoms with Crippen LogP contribution in [0.2, 0.25) is 0 Å². The van der Waals surface area contributed by atoms with Gasteiger partial charge >= 0.3 is 0 Å². The van der Waals surface area contributed by atoms with Gasteiger partial charge in [0, 0.05) is 5.82 Å². The Kier molecular flexibility index (Phi) is 2.75. The highest BCUT2D eigenvalue weighted by Gasteiger charge is 2.04. The van der Waals surface area contributed by atoms with Gasteiger partial charge in [-0.25, -0.2) is 0 Å². The van der Waals surface area contributed by atoms with E-state index < -0.39 is 8.38 Å². The molecule has 0 fully saturated rings. The first-order chi connectivity index (χ1) is 4.43. The molecule has 0 aromatic carbocycles. The third kappa shape index (κ3) is 2.17. The highest BCUT2D eigenvalue weighted by atomic mass is 31.2. The van der Waals surface area contributed by atoms with Gasteiger partial charge in [0.1, 0.15) is 0 Å². The first-order valence-electron chi connectivity index (χ1n) is 2.85. The maximum absolute atomic E-state index is 5.19. The third-order valence-electron chi connectivity index (χ3n) is 0.819. The lowest BCUT2D eigenvalue weighted by atomic mass is 10.6. The van der Waals surface area contributed by atoms with E-state index in [9.17, 15) is 0 Å². The molecule has 1 aliphatic rings. The molecule has 0 amide bonds. The first-order valence-corrected chi connectivity index (χ1v) is 4.10. The summed E-state index contributed by atoms with van der Waals surface area (Å²) < 4.78 is 10.3. The molecule has 0 bridgehead atoms. The van der Waals surface area contributed by atoms with Crippen molar-refractivity contribution in [3.05, 3.63) is 24.2 Å². The first kappa shape index (κ1) is 6.79. The molecule has 0 saturated heterocycles. The number of rotatable bonds is 2. The Morgan fingerprint density at radius 2 is 2.44 bits per heavy atom. The minimum atomic E-state index is -0.739. The van der Waals surface area contributed by atoms with Gasteiger partial charge in [-0.15, -0.1) is 0 Å². The van der Waals surface area contributed by atoms with E-state index >= 15 is 0 Å². The van der Waals surface area contributed by atoms with E-state index in [2.05, 4.69) is 0 Å². The zero-order valence-electron chi connectivity index (χ0n) is 5.28. The van der Waals surface area contributed by atoms with Crippen LogP contribution < -0.4 is 0 Å². The summed E-state index contributed by atoms with van der Waals surface area (Å²) in [4.78, 5) is 0. The topological polar surface area (TPSA) is 18.5 Å². The third-order valence-corrected chi connectivity index (χ3v) is 2.08. The summed E-state index contributed by atoms with van der Waals surface area (Å²) in [5.41, 5.74) is 0. The summed E-state index contributed by atoms with van der Waals surface area (Å²) in [6, 6.07) is 0. The van der Waals surface area contributed by atoms with Crippen molar-refractivity contribution >= 4 is 8.38 Å². The van der Waals surface area contributed by atoms with Crippen LogP contribution in [0.15, 0.2) is 24.2 Å². The molecule has 0 N–H and O–H groups in total. The van der Waals surface area contributed by atoms with Crippen molar-refractivity contribution in [2.24, 2.45) is 0 Å². The molecule has 0 spiro atoms. The second-order valence-electron chi connectivity index (χ2n) is 1.48. The molecule has 2 nitrogen and oxygen atoms in total. The molecular weight excluding hydrogens is 135 g/mol. The number of allylic oxidation sites excluding steroid dienone is 2. The summed E-state index contributed by atoms with van der Waals surface area (Å²) in [5.74, 6) is 1.93. The van der Waals surface area contributed by atoms with Gasteiger partial charge in [-0.05, 0) is 13.0 Å². The maximum atomic E-state index is 5.19. The summed E-state index contributed by atoms with van der Waals surface area (Å²) >= 11 is 0. The number of hydrogen-bond donors (Lipinski definition) is 0. The van der Waals surface area contributed by atoms with Gasteiger partial charge in [-0.1, -0.05) is 6.08 Å². The van der Waals surface area contributed by atoms with Crippen LogP contribution >= 0.6 is 8.38 Å². The normalized spacial score (nSPS) is 23.9. The molecule has 1 rings (SSSR count). The summed E-state index contributed by atoms with van der Waals surface area (Å²) in [5, 5.41) is 0. The molecule has 0 aromatic heterocycles. The van der Waals surface area contributed by atoms with E-state index in [1.165, 1.54) is 0 Å². The smallest absolute Gasteiger partial charge is 0.256 e. The SMILES string of the molecule is CCOP1C=CC=CO1. The minimum absolute atomic E-state index is 0.712. The fourth-order valence-corrected chi connectivity index (χ4v) is 1.40. The average molecular weight is 144 g/mol. The molecular formula is C6H9O2P. The van der Waals surface area contributed by atoms with Gasteiger partial charge in [-0.2, -0.15) is 0 Å². The lowest BCUT2D eigenvalue weighted by Crippen LogP contribution is -1.84. The van der Waals surface area contributed by atoms with Crippen molar-refractivity contribution in [3.8, 4) is 0 Å². The highest BCUT2D eigenvalue weighted by Crippen LogP contribution is 2.41. The molecule has 3 heteroatoms. The van der Waals surface area contributed by atoms with Gasteiger partial charge < -0.3 is 9.05 Å². The Balaban J connectivity index is 2.28. The molecule has 1 heterocycles. The fourth-order valence-electron chi connectivity index (χ4n) is 0.496. The van der Waals surface area contributed by atoms with Crippen molar-refractivity contribution < 1.29 is 9.05 Å². The van der Waals surface area contributed by atoms with E-state index in [1.807, 2.05) is 24.9 Å². The highest BCUT2D eigenvalue weighted by molar-refractivity contribution is 7.50. The van der Waals surface area contributed by atoms with Crippen LogP contribution in [-0.4, -0.2) is 6.61 Å².